The first-order valence-electron chi connectivity index (χ1n) is 6.23. The van der Waals surface area contributed by atoms with Gasteiger partial charge in [-0.25, -0.2) is 0 Å². The summed E-state index contributed by atoms with van der Waals surface area (Å²) in [5, 5.41) is 27.2. The standard InChI is InChI=1S/C14H15N3O3/c15-10-12-14(17(6-8-18)7-9-19)20-13(16-12)11-4-2-1-3-5-11/h1-5,18-19H,6-9H2. The third-order valence-corrected chi connectivity index (χ3v) is 2.76. The third kappa shape index (κ3) is 2.96. The molecule has 2 aromatic rings. The summed E-state index contributed by atoms with van der Waals surface area (Å²) in [6.07, 6.45) is 0. The Morgan fingerprint density at radius 2 is 1.80 bits per heavy atom. The quantitative estimate of drug-likeness (QED) is 0.815. The number of hydrogen-bond donors (Lipinski definition) is 2. The van der Waals surface area contributed by atoms with Crippen molar-refractivity contribution < 1.29 is 14.6 Å². The maximum absolute atomic E-state index is 9.14. The van der Waals surface area contributed by atoms with Gasteiger partial charge in [0.1, 0.15) is 6.07 Å². The van der Waals surface area contributed by atoms with Crippen LogP contribution >= 0.6 is 0 Å². The lowest BCUT2D eigenvalue weighted by Gasteiger charge is -2.19. The maximum atomic E-state index is 9.14. The molecule has 0 saturated heterocycles. The molecule has 0 bridgehead atoms. The maximum Gasteiger partial charge on any atom is 0.235 e. The Bertz CT molecular complexity index is 583. The van der Waals surface area contributed by atoms with Crippen molar-refractivity contribution in [3.05, 3.63) is 36.0 Å². The number of aliphatic hydroxyl groups excluding tert-OH is 2. The van der Waals surface area contributed by atoms with Crippen LogP contribution in [0.5, 0.6) is 0 Å². The lowest BCUT2D eigenvalue weighted by molar-refractivity contribution is 0.277. The number of hydrogen-bond acceptors (Lipinski definition) is 6. The fraction of sp³-hybridized carbons (Fsp3) is 0.286. The molecule has 0 unspecified atom stereocenters. The first kappa shape index (κ1) is 14.1. The summed E-state index contributed by atoms with van der Waals surface area (Å²) in [4.78, 5) is 5.75. The molecule has 2 N–H and O–H groups in total. The van der Waals surface area contributed by atoms with Gasteiger partial charge in [-0.3, -0.25) is 0 Å². The first-order chi connectivity index (χ1) is 9.80. The van der Waals surface area contributed by atoms with Gasteiger partial charge in [-0.1, -0.05) is 18.2 Å². The van der Waals surface area contributed by atoms with Crippen molar-refractivity contribution in [2.24, 2.45) is 0 Å². The number of rotatable bonds is 6. The summed E-state index contributed by atoms with van der Waals surface area (Å²) < 4.78 is 5.63. The average Bonchev–Trinajstić information content (AvgIpc) is 2.92. The van der Waals surface area contributed by atoms with E-state index >= 15 is 0 Å². The molecule has 0 spiro atoms. The smallest absolute Gasteiger partial charge is 0.235 e. The molecule has 1 heterocycles. The van der Waals surface area contributed by atoms with E-state index in [2.05, 4.69) is 4.98 Å². The third-order valence-electron chi connectivity index (χ3n) is 2.76. The molecule has 1 aromatic carbocycles. The van der Waals surface area contributed by atoms with Crippen LogP contribution in [0, 0.1) is 11.3 Å². The Hall–Kier alpha value is -2.36. The predicted molar refractivity (Wildman–Crippen MR) is 73.0 cm³/mol. The van der Waals surface area contributed by atoms with E-state index in [0.717, 1.165) is 5.56 Å². The van der Waals surface area contributed by atoms with Crippen molar-refractivity contribution in [2.45, 2.75) is 0 Å². The van der Waals surface area contributed by atoms with Crippen LogP contribution in [0.25, 0.3) is 11.5 Å². The number of nitrogens with zero attached hydrogens (tertiary/aromatic N) is 3. The molecular formula is C14H15N3O3. The van der Waals surface area contributed by atoms with Crippen LogP contribution in [0.2, 0.25) is 0 Å². The highest BCUT2D eigenvalue weighted by Crippen LogP contribution is 2.27. The Morgan fingerprint density at radius 1 is 1.15 bits per heavy atom. The highest BCUT2D eigenvalue weighted by atomic mass is 16.4. The minimum absolute atomic E-state index is 0.105. The van der Waals surface area contributed by atoms with Gasteiger partial charge in [0, 0.05) is 18.7 Å². The van der Waals surface area contributed by atoms with Gasteiger partial charge >= 0.3 is 0 Å². The molecule has 0 amide bonds. The van der Waals surface area contributed by atoms with E-state index in [1.54, 1.807) is 4.90 Å². The SMILES string of the molecule is N#Cc1nc(-c2ccccc2)oc1N(CCO)CCO. The van der Waals surface area contributed by atoms with Gasteiger partial charge in [-0.15, -0.1) is 0 Å². The van der Waals surface area contributed by atoms with Gasteiger partial charge < -0.3 is 19.5 Å². The molecule has 0 fully saturated rings. The van der Waals surface area contributed by atoms with E-state index in [-0.39, 0.29) is 37.9 Å². The highest BCUT2D eigenvalue weighted by Gasteiger charge is 2.19. The Kier molecular flexibility index (Phi) is 4.71. The minimum atomic E-state index is -0.105. The summed E-state index contributed by atoms with van der Waals surface area (Å²) in [6, 6.07) is 11.2. The fourth-order valence-electron chi connectivity index (χ4n) is 1.86. The topological polar surface area (TPSA) is 93.5 Å². The van der Waals surface area contributed by atoms with Crippen LogP contribution in [0.4, 0.5) is 5.88 Å². The summed E-state index contributed by atoms with van der Waals surface area (Å²) in [6.45, 7) is 0.315. The largest absolute Gasteiger partial charge is 0.419 e. The van der Waals surface area contributed by atoms with Crippen LogP contribution < -0.4 is 4.90 Å². The molecule has 0 aliphatic rings. The van der Waals surface area contributed by atoms with E-state index in [9.17, 15) is 0 Å². The minimum Gasteiger partial charge on any atom is -0.419 e. The molecule has 0 aliphatic heterocycles. The number of benzene rings is 1. The van der Waals surface area contributed by atoms with Crippen molar-refractivity contribution in [2.75, 3.05) is 31.2 Å². The molecule has 0 atom stereocenters. The summed E-state index contributed by atoms with van der Waals surface area (Å²) >= 11 is 0. The van der Waals surface area contributed by atoms with E-state index < -0.39 is 0 Å². The zero-order valence-electron chi connectivity index (χ0n) is 10.9. The van der Waals surface area contributed by atoms with E-state index in [1.807, 2.05) is 36.4 Å². The lowest BCUT2D eigenvalue weighted by Crippen LogP contribution is -2.29. The zero-order chi connectivity index (χ0) is 14.4. The van der Waals surface area contributed by atoms with Crippen LogP contribution in [0.3, 0.4) is 0 Å². The second-order valence-electron chi connectivity index (χ2n) is 4.08. The van der Waals surface area contributed by atoms with Gasteiger partial charge in [0.2, 0.25) is 17.5 Å². The van der Waals surface area contributed by atoms with Gasteiger partial charge in [0.15, 0.2) is 0 Å². The summed E-state index contributed by atoms with van der Waals surface area (Å²) in [5.41, 5.74) is 0.911. The Morgan fingerprint density at radius 3 is 2.35 bits per heavy atom. The number of nitriles is 1. The molecule has 6 nitrogen and oxygen atoms in total. The Labute approximate surface area is 116 Å². The van der Waals surface area contributed by atoms with Gasteiger partial charge in [-0.2, -0.15) is 10.2 Å². The van der Waals surface area contributed by atoms with Crippen LogP contribution in [-0.2, 0) is 0 Å². The van der Waals surface area contributed by atoms with E-state index in [1.165, 1.54) is 0 Å². The highest BCUT2D eigenvalue weighted by molar-refractivity contribution is 5.59. The van der Waals surface area contributed by atoms with Crippen molar-refractivity contribution >= 4 is 5.88 Å². The molecule has 0 radical (unpaired) electrons. The fourth-order valence-corrected chi connectivity index (χ4v) is 1.86. The van der Waals surface area contributed by atoms with E-state index in [0.29, 0.717) is 5.89 Å². The molecule has 0 aliphatic carbocycles. The lowest BCUT2D eigenvalue weighted by atomic mass is 10.2. The number of anilines is 1. The molecule has 104 valence electrons. The normalized spacial score (nSPS) is 10.2. The zero-order valence-corrected chi connectivity index (χ0v) is 10.9. The number of aromatic nitrogens is 1. The first-order valence-corrected chi connectivity index (χ1v) is 6.23. The van der Waals surface area contributed by atoms with Crippen LogP contribution in [0.1, 0.15) is 5.69 Å². The van der Waals surface area contributed by atoms with E-state index in [4.69, 9.17) is 19.9 Å². The molecule has 1 aromatic heterocycles. The summed E-state index contributed by atoms with van der Waals surface area (Å²) in [7, 11) is 0. The number of aliphatic hydroxyl groups is 2. The van der Waals surface area contributed by atoms with Gasteiger partial charge in [0.25, 0.3) is 0 Å². The van der Waals surface area contributed by atoms with Gasteiger partial charge in [-0.05, 0) is 12.1 Å². The van der Waals surface area contributed by atoms with Crippen molar-refractivity contribution in [1.82, 2.24) is 4.98 Å². The van der Waals surface area contributed by atoms with Crippen molar-refractivity contribution in [1.29, 1.82) is 5.26 Å². The Balaban J connectivity index is 2.38. The second kappa shape index (κ2) is 6.70. The number of oxazole rings is 1. The molecule has 2 rings (SSSR count). The van der Waals surface area contributed by atoms with Crippen molar-refractivity contribution in [3.63, 3.8) is 0 Å². The van der Waals surface area contributed by atoms with Crippen LogP contribution in [-0.4, -0.2) is 41.5 Å². The molecule has 20 heavy (non-hydrogen) atoms. The summed E-state index contributed by atoms with van der Waals surface area (Å²) in [5.74, 6) is 0.618. The molecular weight excluding hydrogens is 258 g/mol. The average molecular weight is 273 g/mol. The molecule has 0 saturated carbocycles. The van der Waals surface area contributed by atoms with Crippen LogP contribution in [0.15, 0.2) is 34.7 Å². The monoisotopic (exact) mass is 273 g/mol. The second-order valence-corrected chi connectivity index (χ2v) is 4.08. The predicted octanol–water partition coefficient (Wildman–Crippen LogP) is 1.00. The van der Waals surface area contributed by atoms with Crippen molar-refractivity contribution in [3.8, 4) is 17.5 Å². The van der Waals surface area contributed by atoms with Gasteiger partial charge in [0.05, 0.1) is 13.2 Å². The molecule has 6 heteroatoms.